The largest absolute Gasteiger partial charge is 0.399 e. The molecule has 0 aliphatic heterocycles. The third-order valence-electron chi connectivity index (χ3n) is 2.78. The summed E-state index contributed by atoms with van der Waals surface area (Å²) >= 11 is 3.26. The van der Waals surface area contributed by atoms with E-state index in [0.717, 1.165) is 11.1 Å². The van der Waals surface area contributed by atoms with Crippen molar-refractivity contribution in [3.05, 3.63) is 63.9 Å². The second-order valence-corrected chi connectivity index (χ2v) is 5.22. The van der Waals surface area contributed by atoms with E-state index in [9.17, 15) is 9.18 Å². The molecular weight excluding hydrogens is 309 g/mol. The highest BCUT2D eigenvalue weighted by atomic mass is 79.9. The Morgan fingerprint density at radius 1 is 1.11 bits per heavy atom. The Labute approximate surface area is 119 Å². The van der Waals surface area contributed by atoms with Gasteiger partial charge < -0.3 is 5.73 Å². The van der Waals surface area contributed by atoms with Crippen molar-refractivity contribution in [1.82, 2.24) is 0 Å². The number of halogens is 2. The first-order valence-corrected chi connectivity index (χ1v) is 6.64. The van der Waals surface area contributed by atoms with E-state index in [1.54, 1.807) is 18.2 Å². The summed E-state index contributed by atoms with van der Waals surface area (Å²) in [5.41, 5.74) is 7.99. The van der Waals surface area contributed by atoms with Gasteiger partial charge in [0, 0.05) is 23.0 Å². The van der Waals surface area contributed by atoms with Gasteiger partial charge in [0.25, 0.3) is 0 Å². The Morgan fingerprint density at radius 3 is 2.42 bits per heavy atom. The fourth-order valence-electron chi connectivity index (χ4n) is 1.80. The minimum absolute atomic E-state index is 0.0806. The average molecular weight is 322 g/mol. The van der Waals surface area contributed by atoms with Crippen molar-refractivity contribution in [2.75, 3.05) is 5.73 Å². The highest BCUT2D eigenvalue weighted by molar-refractivity contribution is 9.10. The van der Waals surface area contributed by atoms with Gasteiger partial charge in [-0.15, -0.1) is 0 Å². The van der Waals surface area contributed by atoms with Crippen LogP contribution < -0.4 is 5.73 Å². The molecule has 2 N–H and O–H groups in total. The Kier molecular flexibility index (Phi) is 4.32. The molecule has 0 unspecified atom stereocenters. The van der Waals surface area contributed by atoms with Crippen LogP contribution in [0.15, 0.2) is 46.9 Å². The van der Waals surface area contributed by atoms with Crippen molar-refractivity contribution in [3.63, 3.8) is 0 Å². The zero-order valence-electron chi connectivity index (χ0n) is 10.2. The van der Waals surface area contributed by atoms with Gasteiger partial charge in [-0.3, -0.25) is 4.79 Å². The second kappa shape index (κ2) is 5.97. The van der Waals surface area contributed by atoms with Gasteiger partial charge in [0.05, 0.1) is 0 Å². The number of nitrogens with two attached hydrogens (primary N) is 1. The monoisotopic (exact) mass is 321 g/mol. The quantitative estimate of drug-likeness (QED) is 0.875. The maximum absolute atomic E-state index is 12.9. The number of hydrogen-bond donors (Lipinski definition) is 1. The number of rotatable bonds is 4. The minimum Gasteiger partial charge on any atom is -0.399 e. The maximum Gasteiger partial charge on any atom is 0.141 e. The van der Waals surface area contributed by atoms with Crippen LogP contribution in [-0.4, -0.2) is 5.78 Å². The zero-order valence-corrected chi connectivity index (χ0v) is 11.8. The third-order valence-corrected chi connectivity index (χ3v) is 3.52. The molecular formula is C15H13BrFNO. The lowest BCUT2D eigenvalue weighted by molar-refractivity contribution is -0.117. The van der Waals surface area contributed by atoms with E-state index in [1.165, 1.54) is 12.1 Å². The molecule has 0 bridgehead atoms. The fraction of sp³-hybridized carbons (Fsp3) is 0.133. The molecule has 19 heavy (non-hydrogen) atoms. The number of ketones is 1. The summed E-state index contributed by atoms with van der Waals surface area (Å²) in [5, 5.41) is 0. The van der Waals surface area contributed by atoms with E-state index in [4.69, 9.17) is 5.73 Å². The van der Waals surface area contributed by atoms with Crippen LogP contribution in [0.3, 0.4) is 0 Å². The van der Waals surface area contributed by atoms with Gasteiger partial charge in [0.1, 0.15) is 11.6 Å². The molecule has 2 rings (SSSR count). The van der Waals surface area contributed by atoms with Crippen LogP contribution >= 0.6 is 15.9 Å². The van der Waals surface area contributed by atoms with E-state index in [0.29, 0.717) is 16.6 Å². The van der Waals surface area contributed by atoms with Gasteiger partial charge in [-0.05, 0) is 35.4 Å². The summed E-state index contributed by atoms with van der Waals surface area (Å²) in [6.07, 6.45) is 0.634. The van der Waals surface area contributed by atoms with Crippen LogP contribution in [0.1, 0.15) is 11.1 Å². The van der Waals surface area contributed by atoms with Gasteiger partial charge >= 0.3 is 0 Å². The number of benzene rings is 2. The van der Waals surface area contributed by atoms with E-state index in [2.05, 4.69) is 15.9 Å². The Bertz CT molecular complexity index is 596. The summed E-state index contributed by atoms with van der Waals surface area (Å²) in [6.45, 7) is 0. The molecule has 0 saturated carbocycles. The summed E-state index contributed by atoms with van der Waals surface area (Å²) in [7, 11) is 0. The first kappa shape index (κ1) is 13.7. The minimum atomic E-state index is -0.318. The van der Waals surface area contributed by atoms with Crippen LogP contribution in [0.25, 0.3) is 0 Å². The molecule has 4 heteroatoms. The number of hydrogen-bond acceptors (Lipinski definition) is 2. The van der Waals surface area contributed by atoms with Crippen molar-refractivity contribution in [1.29, 1.82) is 0 Å². The maximum atomic E-state index is 12.9. The lowest BCUT2D eigenvalue weighted by atomic mass is 10.0. The number of nitrogen functional groups attached to an aromatic ring is 1. The van der Waals surface area contributed by atoms with Crippen LogP contribution in [0, 0.1) is 5.82 Å². The topological polar surface area (TPSA) is 43.1 Å². The van der Waals surface area contributed by atoms with Crippen molar-refractivity contribution < 1.29 is 9.18 Å². The van der Waals surface area contributed by atoms with Gasteiger partial charge in [-0.2, -0.15) is 0 Å². The third kappa shape index (κ3) is 3.89. The van der Waals surface area contributed by atoms with Crippen LogP contribution in [0.2, 0.25) is 0 Å². The zero-order chi connectivity index (χ0) is 13.8. The van der Waals surface area contributed by atoms with Crippen molar-refractivity contribution in [2.45, 2.75) is 12.8 Å². The molecule has 0 aromatic heterocycles. The van der Waals surface area contributed by atoms with Crippen molar-refractivity contribution >= 4 is 27.4 Å². The van der Waals surface area contributed by atoms with Gasteiger partial charge in [-0.25, -0.2) is 4.39 Å². The molecule has 98 valence electrons. The number of anilines is 1. The fourth-order valence-corrected chi connectivity index (χ4v) is 2.29. The van der Waals surface area contributed by atoms with Crippen LogP contribution in [0.4, 0.5) is 10.1 Å². The van der Waals surface area contributed by atoms with E-state index < -0.39 is 0 Å². The standard InChI is InChI=1S/C15H13BrFNO/c16-15-9-12(17)4-3-11(15)8-14(19)7-10-1-5-13(18)6-2-10/h1-6,9H,7-8,18H2. The Morgan fingerprint density at radius 2 is 1.79 bits per heavy atom. The molecule has 0 radical (unpaired) electrons. The Balaban J connectivity index is 2.03. The van der Waals surface area contributed by atoms with E-state index in [1.807, 2.05) is 12.1 Å². The second-order valence-electron chi connectivity index (χ2n) is 4.37. The summed E-state index contributed by atoms with van der Waals surface area (Å²) < 4.78 is 13.6. The van der Waals surface area contributed by atoms with Gasteiger partial charge in [-0.1, -0.05) is 34.1 Å². The highest BCUT2D eigenvalue weighted by Crippen LogP contribution is 2.19. The molecule has 2 aromatic carbocycles. The lowest BCUT2D eigenvalue weighted by Crippen LogP contribution is -2.07. The molecule has 0 spiro atoms. The molecule has 2 aromatic rings. The first-order chi connectivity index (χ1) is 9.04. The molecule has 0 aliphatic carbocycles. The average Bonchev–Trinajstić information content (AvgIpc) is 2.36. The molecule has 0 heterocycles. The molecule has 0 fully saturated rings. The summed E-state index contributed by atoms with van der Waals surface area (Å²) in [6, 6.07) is 11.6. The molecule has 2 nitrogen and oxygen atoms in total. The summed E-state index contributed by atoms with van der Waals surface area (Å²) in [4.78, 5) is 12.0. The first-order valence-electron chi connectivity index (χ1n) is 5.84. The van der Waals surface area contributed by atoms with Gasteiger partial charge in [0.15, 0.2) is 0 Å². The van der Waals surface area contributed by atoms with Crippen molar-refractivity contribution in [3.8, 4) is 0 Å². The van der Waals surface area contributed by atoms with Crippen LogP contribution in [0.5, 0.6) is 0 Å². The van der Waals surface area contributed by atoms with E-state index >= 15 is 0 Å². The lowest BCUT2D eigenvalue weighted by Gasteiger charge is -2.05. The molecule has 0 aliphatic rings. The van der Waals surface area contributed by atoms with Gasteiger partial charge in [0.2, 0.25) is 0 Å². The molecule has 0 atom stereocenters. The Hall–Kier alpha value is -1.68. The normalized spacial score (nSPS) is 10.4. The molecule has 0 saturated heterocycles. The predicted molar refractivity (Wildman–Crippen MR) is 77.4 cm³/mol. The smallest absolute Gasteiger partial charge is 0.141 e. The summed E-state index contributed by atoms with van der Waals surface area (Å²) in [5.74, 6) is -0.237. The van der Waals surface area contributed by atoms with Crippen LogP contribution in [-0.2, 0) is 17.6 Å². The SMILES string of the molecule is Nc1ccc(CC(=O)Cc2ccc(F)cc2Br)cc1. The predicted octanol–water partition coefficient (Wildman–Crippen LogP) is 3.52. The van der Waals surface area contributed by atoms with Crippen molar-refractivity contribution in [2.24, 2.45) is 0 Å². The van der Waals surface area contributed by atoms with E-state index in [-0.39, 0.29) is 18.0 Å². The highest BCUT2D eigenvalue weighted by Gasteiger charge is 2.08. The number of carbonyl (C=O) groups is 1. The molecule has 0 amide bonds. The number of Topliss-reactive ketones (excluding diaryl/α,β-unsaturated/α-hetero) is 1. The number of carbonyl (C=O) groups excluding carboxylic acids is 1.